The Hall–Kier alpha value is -1.10. The minimum Gasteiger partial charge on any atom is -0.465 e. The molecule has 0 bridgehead atoms. The highest BCUT2D eigenvalue weighted by Gasteiger charge is 2.22. The SMILES string of the molecule is CCNC(=O)C(C)NC(CC)C(=O)OCC. The first-order chi connectivity index (χ1) is 7.56. The number of nitrogens with one attached hydrogen (secondary N) is 2. The second kappa shape index (κ2) is 8.10. The third kappa shape index (κ3) is 5.11. The molecule has 0 aliphatic heterocycles. The average molecular weight is 230 g/mol. The Morgan fingerprint density at radius 2 is 1.88 bits per heavy atom. The van der Waals surface area contributed by atoms with E-state index < -0.39 is 12.1 Å². The summed E-state index contributed by atoms with van der Waals surface area (Å²) in [6.45, 7) is 8.16. The van der Waals surface area contributed by atoms with Crippen molar-refractivity contribution in [1.82, 2.24) is 10.6 Å². The monoisotopic (exact) mass is 230 g/mol. The molecule has 5 heteroatoms. The Morgan fingerprint density at radius 3 is 2.31 bits per heavy atom. The molecule has 0 aliphatic rings. The Morgan fingerprint density at radius 1 is 1.25 bits per heavy atom. The molecule has 0 aliphatic carbocycles. The fraction of sp³-hybridized carbons (Fsp3) is 0.818. The van der Waals surface area contributed by atoms with Crippen LogP contribution in [0.25, 0.3) is 0 Å². The minimum absolute atomic E-state index is 0.106. The van der Waals surface area contributed by atoms with Crippen LogP contribution in [0, 0.1) is 0 Å². The van der Waals surface area contributed by atoms with Crippen molar-refractivity contribution in [1.29, 1.82) is 0 Å². The third-order valence-electron chi connectivity index (χ3n) is 2.17. The molecule has 0 saturated heterocycles. The van der Waals surface area contributed by atoms with Gasteiger partial charge in [-0.05, 0) is 27.2 Å². The first-order valence-electron chi connectivity index (χ1n) is 5.77. The van der Waals surface area contributed by atoms with Gasteiger partial charge in [0.1, 0.15) is 6.04 Å². The van der Waals surface area contributed by atoms with Crippen molar-refractivity contribution in [3.63, 3.8) is 0 Å². The molecule has 2 atom stereocenters. The van der Waals surface area contributed by atoms with Crippen LogP contribution in [0.1, 0.15) is 34.1 Å². The van der Waals surface area contributed by atoms with Crippen LogP contribution >= 0.6 is 0 Å². The maximum atomic E-state index is 11.5. The second-order valence-electron chi connectivity index (χ2n) is 3.50. The van der Waals surface area contributed by atoms with Crippen molar-refractivity contribution < 1.29 is 14.3 Å². The van der Waals surface area contributed by atoms with Gasteiger partial charge in [-0.15, -0.1) is 0 Å². The van der Waals surface area contributed by atoms with E-state index in [1.54, 1.807) is 13.8 Å². The molecule has 2 N–H and O–H groups in total. The maximum Gasteiger partial charge on any atom is 0.323 e. The molecule has 0 saturated carbocycles. The van der Waals surface area contributed by atoms with E-state index in [4.69, 9.17) is 4.74 Å². The fourth-order valence-corrected chi connectivity index (χ4v) is 1.30. The number of hydrogen-bond acceptors (Lipinski definition) is 4. The first-order valence-corrected chi connectivity index (χ1v) is 5.77. The predicted octanol–water partition coefficient (Wildman–Crippen LogP) is 0.442. The van der Waals surface area contributed by atoms with Crippen LogP contribution in [-0.2, 0) is 14.3 Å². The summed E-state index contributed by atoms with van der Waals surface area (Å²) in [5.74, 6) is -0.411. The van der Waals surface area contributed by atoms with E-state index >= 15 is 0 Å². The van der Waals surface area contributed by atoms with Gasteiger partial charge in [-0.2, -0.15) is 0 Å². The van der Waals surface area contributed by atoms with Gasteiger partial charge in [-0.25, -0.2) is 0 Å². The predicted molar refractivity (Wildman–Crippen MR) is 62.0 cm³/mol. The molecular formula is C11H22N2O3. The number of amides is 1. The number of esters is 1. The van der Waals surface area contributed by atoms with Gasteiger partial charge < -0.3 is 10.1 Å². The van der Waals surface area contributed by atoms with E-state index in [2.05, 4.69) is 10.6 Å². The smallest absolute Gasteiger partial charge is 0.323 e. The number of hydrogen-bond donors (Lipinski definition) is 2. The molecule has 0 fully saturated rings. The van der Waals surface area contributed by atoms with E-state index in [-0.39, 0.29) is 11.9 Å². The number of carbonyl (C=O) groups excluding carboxylic acids is 2. The van der Waals surface area contributed by atoms with Gasteiger partial charge in [-0.1, -0.05) is 6.92 Å². The van der Waals surface area contributed by atoms with Crippen LogP contribution in [0.3, 0.4) is 0 Å². The highest BCUT2D eigenvalue weighted by molar-refractivity contribution is 5.83. The summed E-state index contributed by atoms with van der Waals surface area (Å²) in [4.78, 5) is 22.9. The summed E-state index contributed by atoms with van der Waals surface area (Å²) in [5, 5.41) is 5.64. The molecule has 0 aromatic heterocycles. The molecule has 1 amide bonds. The van der Waals surface area contributed by atoms with Crippen LogP contribution in [0.5, 0.6) is 0 Å². The van der Waals surface area contributed by atoms with Crippen molar-refractivity contribution in [3.8, 4) is 0 Å². The number of ether oxygens (including phenoxy) is 1. The average Bonchev–Trinajstić information content (AvgIpc) is 2.26. The van der Waals surface area contributed by atoms with Gasteiger partial charge in [0.2, 0.25) is 5.91 Å². The van der Waals surface area contributed by atoms with Crippen molar-refractivity contribution in [2.24, 2.45) is 0 Å². The van der Waals surface area contributed by atoms with E-state index in [9.17, 15) is 9.59 Å². The lowest BCUT2D eigenvalue weighted by Crippen LogP contribution is -2.49. The van der Waals surface area contributed by atoms with E-state index in [0.717, 1.165) is 0 Å². The van der Waals surface area contributed by atoms with Gasteiger partial charge in [-0.3, -0.25) is 14.9 Å². The number of likely N-dealkylation sites (N-methyl/N-ethyl adjacent to an activating group) is 1. The largest absolute Gasteiger partial charge is 0.465 e. The summed E-state index contributed by atoms with van der Waals surface area (Å²) < 4.78 is 4.90. The summed E-state index contributed by atoms with van der Waals surface area (Å²) in [5.41, 5.74) is 0. The molecular weight excluding hydrogens is 208 g/mol. The van der Waals surface area contributed by atoms with Gasteiger partial charge in [0.25, 0.3) is 0 Å². The maximum absolute atomic E-state index is 11.5. The summed E-state index contributed by atoms with van der Waals surface area (Å²) in [6, 6.07) is -0.813. The van der Waals surface area contributed by atoms with E-state index in [1.165, 1.54) is 0 Å². The second-order valence-corrected chi connectivity index (χ2v) is 3.50. The molecule has 2 unspecified atom stereocenters. The Kier molecular flexibility index (Phi) is 7.54. The zero-order chi connectivity index (χ0) is 12.6. The van der Waals surface area contributed by atoms with Crippen molar-refractivity contribution in [2.75, 3.05) is 13.2 Å². The Bertz CT molecular complexity index is 231. The zero-order valence-corrected chi connectivity index (χ0v) is 10.5. The molecule has 0 rings (SSSR count). The quantitative estimate of drug-likeness (QED) is 0.623. The lowest BCUT2D eigenvalue weighted by molar-refractivity contribution is -0.146. The topological polar surface area (TPSA) is 67.4 Å². The Balaban J connectivity index is 4.20. The van der Waals surface area contributed by atoms with Crippen LogP contribution in [0.2, 0.25) is 0 Å². The molecule has 0 radical (unpaired) electrons. The molecule has 16 heavy (non-hydrogen) atoms. The summed E-state index contributed by atoms with van der Waals surface area (Å²) in [7, 11) is 0. The van der Waals surface area contributed by atoms with E-state index in [0.29, 0.717) is 19.6 Å². The summed E-state index contributed by atoms with van der Waals surface area (Å²) >= 11 is 0. The summed E-state index contributed by atoms with van der Waals surface area (Å²) in [6.07, 6.45) is 0.600. The third-order valence-corrected chi connectivity index (χ3v) is 2.17. The molecule has 5 nitrogen and oxygen atoms in total. The fourth-order valence-electron chi connectivity index (χ4n) is 1.30. The highest BCUT2D eigenvalue weighted by Crippen LogP contribution is 1.97. The normalized spacial score (nSPS) is 14.0. The van der Waals surface area contributed by atoms with Crippen LogP contribution in [0.15, 0.2) is 0 Å². The molecule has 0 aromatic rings. The minimum atomic E-state index is -0.419. The molecule has 94 valence electrons. The highest BCUT2D eigenvalue weighted by atomic mass is 16.5. The van der Waals surface area contributed by atoms with Crippen LogP contribution in [0.4, 0.5) is 0 Å². The van der Waals surface area contributed by atoms with Crippen LogP contribution in [-0.4, -0.2) is 37.1 Å². The lowest BCUT2D eigenvalue weighted by Gasteiger charge is -2.20. The van der Waals surface area contributed by atoms with E-state index in [1.807, 2.05) is 13.8 Å². The zero-order valence-electron chi connectivity index (χ0n) is 10.5. The van der Waals surface area contributed by atoms with Crippen molar-refractivity contribution in [2.45, 2.75) is 46.2 Å². The van der Waals surface area contributed by atoms with Gasteiger partial charge >= 0.3 is 5.97 Å². The van der Waals surface area contributed by atoms with Gasteiger partial charge in [0.05, 0.1) is 12.6 Å². The van der Waals surface area contributed by atoms with Crippen molar-refractivity contribution in [3.05, 3.63) is 0 Å². The van der Waals surface area contributed by atoms with Crippen molar-refractivity contribution >= 4 is 11.9 Å². The van der Waals surface area contributed by atoms with Gasteiger partial charge in [0, 0.05) is 6.54 Å². The number of carbonyl (C=O) groups is 2. The molecule has 0 spiro atoms. The lowest BCUT2D eigenvalue weighted by atomic mass is 10.2. The van der Waals surface area contributed by atoms with Crippen LogP contribution < -0.4 is 10.6 Å². The van der Waals surface area contributed by atoms with Gasteiger partial charge in [0.15, 0.2) is 0 Å². The standard InChI is InChI=1S/C11H22N2O3/c1-5-9(11(15)16-7-3)13-8(4)10(14)12-6-2/h8-9,13H,5-7H2,1-4H3,(H,12,14). The first kappa shape index (κ1) is 14.9. The Labute approximate surface area is 96.9 Å². The number of rotatable bonds is 7. The molecule has 0 aromatic carbocycles. The molecule has 0 heterocycles.